The second-order valence-corrected chi connectivity index (χ2v) is 4.20. The van der Waals surface area contributed by atoms with Crippen LogP contribution in [-0.2, 0) is 13.2 Å². The van der Waals surface area contributed by atoms with Crippen LogP contribution in [0.25, 0.3) is 0 Å². The van der Waals surface area contributed by atoms with Crippen molar-refractivity contribution >= 4 is 0 Å². The van der Waals surface area contributed by atoms with E-state index in [4.69, 9.17) is 4.74 Å². The van der Waals surface area contributed by atoms with Crippen molar-refractivity contribution in [2.24, 2.45) is 0 Å². The lowest BCUT2D eigenvalue weighted by molar-refractivity contribution is 0.301. The highest BCUT2D eigenvalue weighted by atomic mass is 19.1. The van der Waals surface area contributed by atoms with Gasteiger partial charge in [0, 0.05) is 12.1 Å². The van der Waals surface area contributed by atoms with Crippen molar-refractivity contribution in [1.82, 2.24) is 5.32 Å². The van der Waals surface area contributed by atoms with Gasteiger partial charge in [0.25, 0.3) is 0 Å². The largest absolute Gasteiger partial charge is 0.489 e. The number of rotatable bonds is 5. The van der Waals surface area contributed by atoms with E-state index >= 15 is 0 Å². The number of nitrogens with one attached hydrogen (secondary N) is 1. The predicted molar refractivity (Wildman–Crippen MR) is 69.9 cm³/mol. The molecule has 2 aromatic carbocycles. The van der Waals surface area contributed by atoms with E-state index < -0.39 is 0 Å². The van der Waals surface area contributed by atoms with Crippen LogP contribution in [0.5, 0.6) is 5.75 Å². The van der Waals surface area contributed by atoms with Gasteiger partial charge in [-0.3, -0.25) is 0 Å². The molecule has 0 bridgehead atoms. The summed E-state index contributed by atoms with van der Waals surface area (Å²) in [4.78, 5) is 0. The maximum atomic E-state index is 13.2. The van der Waals surface area contributed by atoms with Gasteiger partial charge in [-0.15, -0.1) is 0 Å². The third-order valence-electron chi connectivity index (χ3n) is 2.70. The maximum absolute atomic E-state index is 13.2. The summed E-state index contributed by atoms with van der Waals surface area (Å²) in [6.07, 6.45) is 0. The van der Waals surface area contributed by atoms with Crippen molar-refractivity contribution in [2.75, 3.05) is 7.05 Å². The SMILES string of the molecule is CNCc1cc(F)ccc1OCc1ccc(F)cc1. The molecule has 1 N–H and O–H groups in total. The number of benzene rings is 2. The molecule has 100 valence electrons. The van der Waals surface area contributed by atoms with Gasteiger partial charge in [-0.05, 0) is 42.9 Å². The molecule has 2 rings (SSSR count). The van der Waals surface area contributed by atoms with Crippen LogP contribution in [0.15, 0.2) is 42.5 Å². The average molecular weight is 263 g/mol. The summed E-state index contributed by atoms with van der Waals surface area (Å²) in [5.41, 5.74) is 1.62. The fourth-order valence-corrected chi connectivity index (χ4v) is 1.76. The Hall–Kier alpha value is -1.94. The third kappa shape index (κ3) is 3.76. The molecule has 0 saturated carbocycles. The first-order chi connectivity index (χ1) is 9.19. The van der Waals surface area contributed by atoms with Crippen molar-refractivity contribution < 1.29 is 13.5 Å². The van der Waals surface area contributed by atoms with E-state index in [0.29, 0.717) is 18.9 Å². The van der Waals surface area contributed by atoms with Crippen molar-refractivity contribution in [2.45, 2.75) is 13.2 Å². The summed E-state index contributed by atoms with van der Waals surface area (Å²) in [6, 6.07) is 10.5. The van der Waals surface area contributed by atoms with Gasteiger partial charge in [-0.1, -0.05) is 12.1 Å². The summed E-state index contributed by atoms with van der Waals surface area (Å²) < 4.78 is 31.6. The summed E-state index contributed by atoms with van der Waals surface area (Å²) in [5, 5.41) is 2.96. The van der Waals surface area contributed by atoms with Gasteiger partial charge in [0.2, 0.25) is 0 Å². The monoisotopic (exact) mass is 263 g/mol. The molecule has 0 spiro atoms. The van der Waals surface area contributed by atoms with E-state index in [0.717, 1.165) is 11.1 Å². The van der Waals surface area contributed by atoms with E-state index in [9.17, 15) is 8.78 Å². The fraction of sp³-hybridized carbons (Fsp3) is 0.200. The Morgan fingerprint density at radius 2 is 1.68 bits per heavy atom. The summed E-state index contributed by atoms with van der Waals surface area (Å²) in [7, 11) is 1.79. The molecule has 0 aromatic heterocycles. The molecular formula is C15H15F2NO. The molecule has 0 unspecified atom stereocenters. The molecule has 0 aliphatic rings. The standard InChI is InChI=1S/C15H15F2NO/c1-18-9-12-8-14(17)6-7-15(12)19-10-11-2-4-13(16)5-3-11/h2-8,18H,9-10H2,1H3. The third-order valence-corrected chi connectivity index (χ3v) is 2.70. The molecule has 0 heterocycles. The Labute approximate surface area is 111 Å². The van der Waals surface area contributed by atoms with Crippen LogP contribution >= 0.6 is 0 Å². The molecule has 0 aliphatic carbocycles. The zero-order valence-electron chi connectivity index (χ0n) is 10.6. The van der Waals surface area contributed by atoms with Gasteiger partial charge >= 0.3 is 0 Å². The molecule has 2 aromatic rings. The second-order valence-electron chi connectivity index (χ2n) is 4.20. The molecule has 0 atom stereocenters. The molecule has 4 heteroatoms. The maximum Gasteiger partial charge on any atom is 0.124 e. The minimum atomic E-state index is -0.292. The van der Waals surface area contributed by atoms with E-state index in [1.54, 1.807) is 25.2 Å². The molecule has 0 fully saturated rings. The van der Waals surface area contributed by atoms with Crippen molar-refractivity contribution in [3.05, 3.63) is 65.2 Å². The van der Waals surface area contributed by atoms with Crippen molar-refractivity contribution in [1.29, 1.82) is 0 Å². The van der Waals surface area contributed by atoms with Crippen LogP contribution in [0.1, 0.15) is 11.1 Å². The zero-order chi connectivity index (χ0) is 13.7. The Morgan fingerprint density at radius 1 is 1.00 bits per heavy atom. The number of ether oxygens (including phenoxy) is 1. The summed E-state index contributed by atoms with van der Waals surface area (Å²) >= 11 is 0. The van der Waals surface area contributed by atoms with E-state index in [1.807, 2.05) is 0 Å². The number of hydrogen-bond acceptors (Lipinski definition) is 2. The number of hydrogen-bond donors (Lipinski definition) is 1. The van der Waals surface area contributed by atoms with Gasteiger partial charge in [-0.2, -0.15) is 0 Å². The Kier molecular flexibility index (Phi) is 4.47. The minimum absolute atomic E-state index is 0.276. The summed E-state index contributed by atoms with van der Waals surface area (Å²) in [6.45, 7) is 0.846. The lowest BCUT2D eigenvalue weighted by Crippen LogP contribution is -2.08. The zero-order valence-corrected chi connectivity index (χ0v) is 10.6. The predicted octanol–water partition coefficient (Wildman–Crippen LogP) is 3.26. The first-order valence-electron chi connectivity index (χ1n) is 5.99. The normalized spacial score (nSPS) is 10.5. The lowest BCUT2D eigenvalue weighted by Gasteiger charge is -2.11. The van der Waals surface area contributed by atoms with Crippen LogP contribution in [0.4, 0.5) is 8.78 Å². The molecule has 2 nitrogen and oxygen atoms in total. The highest BCUT2D eigenvalue weighted by Gasteiger charge is 2.05. The van der Waals surface area contributed by atoms with Crippen LogP contribution in [-0.4, -0.2) is 7.05 Å². The first-order valence-corrected chi connectivity index (χ1v) is 5.99. The van der Waals surface area contributed by atoms with Crippen molar-refractivity contribution in [3.63, 3.8) is 0 Å². The molecule has 0 radical (unpaired) electrons. The minimum Gasteiger partial charge on any atom is -0.489 e. The van der Waals surface area contributed by atoms with Crippen molar-refractivity contribution in [3.8, 4) is 5.75 Å². The quantitative estimate of drug-likeness (QED) is 0.894. The Bertz CT molecular complexity index is 540. The summed E-state index contributed by atoms with van der Waals surface area (Å²) in [5.74, 6) is 0.0564. The second kappa shape index (κ2) is 6.29. The van der Waals surface area contributed by atoms with E-state index in [-0.39, 0.29) is 11.6 Å². The van der Waals surface area contributed by atoms with E-state index in [2.05, 4.69) is 5.32 Å². The lowest BCUT2D eigenvalue weighted by atomic mass is 10.2. The van der Waals surface area contributed by atoms with Gasteiger partial charge in [-0.25, -0.2) is 8.78 Å². The van der Waals surface area contributed by atoms with Crippen LogP contribution in [0, 0.1) is 11.6 Å². The van der Waals surface area contributed by atoms with Gasteiger partial charge in [0.05, 0.1) is 0 Å². The van der Waals surface area contributed by atoms with Crippen LogP contribution in [0.3, 0.4) is 0 Å². The first kappa shape index (κ1) is 13.5. The topological polar surface area (TPSA) is 21.3 Å². The Morgan fingerprint density at radius 3 is 2.37 bits per heavy atom. The molecule has 0 saturated heterocycles. The van der Waals surface area contributed by atoms with Gasteiger partial charge in [0.15, 0.2) is 0 Å². The molecule has 0 amide bonds. The molecular weight excluding hydrogens is 248 g/mol. The molecule has 0 aliphatic heterocycles. The highest BCUT2D eigenvalue weighted by Crippen LogP contribution is 2.21. The Balaban J connectivity index is 2.08. The van der Waals surface area contributed by atoms with Crippen LogP contribution in [0.2, 0.25) is 0 Å². The van der Waals surface area contributed by atoms with Crippen LogP contribution < -0.4 is 10.1 Å². The molecule has 19 heavy (non-hydrogen) atoms. The van der Waals surface area contributed by atoms with E-state index in [1.165, 1.54) is 24.3 Å². The highest BCUT2D eigenvalue weighted by molar-refractivity contribution is 5.34. The van der Waals surface area contributed by atoms with Gasteiger partial charge in [0.1, 0.15) is 24.0 Å². The average Bonchev–Trinajstić information content (AvgIpc) is 2.40. The number of halogens is 2. The smallest absolute Gasteiger partial charge is 0.124 e. The van der Waals surface area contributed by atoms with Gasteiger partial charge < -0.3 is 10.1 Å². The fourth-order valence-electron chi connectivity index (χ4n) is 1.76.